The summed E-state index contributed by atoms with van der Waals surface area (Å²) in [4.78, 5) is 23.5. The van der Waals surface area contributed by atoms with Gasteiger partial charge in [0, 0.05) is 17.3 Å². The molecule has 27 heavy (non-hydrogen) atoms. The lowest BCUT2D eigenvalue weighted by molar-refractivity contribution is -0.139. The van der Waals surface area contributed by atoms with E-state index in [0.29, 0.717) is 29.8 Å². The first kappa shape index (κ1) is 18.8. The maximum Gasteiger partial charge on any atom is 0.341 e. The Morgan fingerprint density at radius 3 is 2.48 bits per heavy atom. The normalized spacial score (nSPS) is 14.9. The molecule has 0 heterocycles. The van der Waals surface area contributed by atoms with E-state index < -0.39 is 29.6 Å². The van der Waals surface area contributed by atoms with Crippen LogP contribution in [-0.4, -0.2) is 23.6 Å². The number of carbonyl (C=O) groups excluding carboxylic acids is 1. The fourth-order valence-corrected chi connectivity index (χ4v) is 3.28. The Kier molecular flexibility index (Phi) is 5.12. The number of aliphatic carboxylic acids is 1. The Balaban J connectivity index is 1.80. The summed E-state index contributed by atoms with van der Waals surface area (Å²) in [6, 6.07) is 8.06. The summed E-state index contributed by atoms with van der Waals surface area (Å²) < 4.78 is 32.6. The van der Waals surface area contributed by atoms with Crippen LogP contribution in [0.15, 0.2) is 36.4 Å². The summed E-state index contributed by atoms with van der Waals surface area (Å²) in [5, 5.41) is 11.5. The van der Waals surface area contributed by atoms with Crippen LogP contribution in [0.25, 0.3) is 0 Å². The van der Waals surface area contributed by atoms with Gasteiger partial charge in [-0.25, -0.2) is 13.6 Å². The van der Waals surface area contributed by atoms with Crippen LogP contribution >= 0.6 is 0 Å². The second-order valence-electron chi connectivity index (χ2n) is 6.67. The van der Waals surface area contributed by atoms with E-state index in [-0.39, 0.29) is 11.5 Å². The number of benzene rings is 2. The van der Waals surface area contributed by atoms with Crippen molar-refractivity contribution in [3.8, 4) is 5.75 Å². The quantitative estimate of drug-likeness (QED) is 0.805. The minimum Gasteiger partial charge on any atom is -0.482 e. The SMILES string of the molecule is Cc1cc(OCC(=O)O)ccc1NC(=O)C1(c2ccc(F)cc2F)CCC1. The highest BCUT2D eigenvalue weighted by molar-refractivity contribution is 6.00. The van der Waals surface area contributed by atoms with E-state index in [9.17, 15) is 18.4 Å². The van der Waals surface area contributed by atoms with E-state index in [1.54, 1.807) is 25.1 Å². The third-order valence-electron chi connectivity index (χ3n) is 4.90. The van der Waals surface area contributed by atoms with Gasteiger partial charge in [0.25, 0.3) is 0 Å². The molecule has 0 bridgehead atoms. The monoisotopic (exact) mass is 375 g/mol. The highest BCUT2D eigenvalue weighted by atomic mass is 19.1. The summed E-state index contributed by atoms with van der Waals surface area (Å²) in [5.74, 6) is -2.46. The minimum absolute atomic E-state index is 0.201. The average Bonchev–Trinajstić information content (AvgIpc) is 2.56. The lowest BCUT2D eigenvalue weighted by atomic mass is 9.63. The first-order valence-electron chi connectivity index (χ1n) is 8.54. The van der Waals surface area contributed by atoms with E-state index in [1.807, 2.05) is 0 Å². The van der Waals surface area contributed by atoms with Crippen LogP contribution in [0.4, 0.5) is 14.5 Å². The van der Waals surface area contributed by atoms with Crippen molar-refractivity contribution in [3.63, 3.8) is 0 Å². The van der Waals surface area contributed by atoms with Crippen molar-refractivity contribution in [1.29, 1.82) is 0 Å². The molecule has 3 rings (SSSR count). The van der Waals surface area contributed by atoms with Crippen molar-refractivity contribution in [3.05, 3.63) is 59.2 Å². The number of nitrogens with one attached hydrogen (secondary N) is 1. The number of carboxylic acid groups (broad SMARTS) is 1. The van der Waals surface area contributed by atoms with Gasteiger partial charge in [0.1, 0.15) is 17.4 Å². The number of hydrogen-bond acceptors (Lipinski definition) is 3. The number of halogens is 2. The molecule has 2 aromatic carbocycles. The van der Waals surface area contributed by atoms with Gasteiger partial charge in [-0.3, -0.25) is 4.79 Å². The Labute approximate surface area is 155 Å². The molecular formula is C20H19F2NO4. The Morgan fingerprint density at radius 1 is 1.19 bits per heavy atom. The van der Waals surface area contributed by atoms with Gasteiger partial charge in [0.2, 0.25) is 5.91 Å². The number of rotatable bonds is 6. The van der Waals surface area contributed by atoms with Crippen LogP contribution in [0.5, 0.6) is 5.75 Å². The standard InChI is InChI=1S/C20H19F2NO4/c1-12-9-14(27-11-18(24)25)4-6-17(12)23-19(26)20(7-2-8-20)15-5-3-13(21)10-16(15)22/h3-6,9-10H,2,7-8,11H2,1H3,(H,23,26)(H,24,25). The molecule has 1 saturated carbocycles. The van der Waals surface area contributed by atoms with Crippen molar-refractivity contribution >= 4 is 17.6 Å². The molecule has 2 aromatic rings. The van der Waals surface area contributed by atoms with Gasteiger partial charge in [-0.15, -0.1) is 0 Å². The maximum atomic E-state index is 14.3. The van der Waals surface area contributed by atoms with E-state index in [0.717, 1.165) is 18.6 Å². The molecule has 142 valence electrons. The van der Waals surface area contributed by atoms with Crippen molar-refractivity contribution in [2.24, 2.45) is 0 Å². The van der Waals surface area contributed by atoms with Gasteiger partial charge in [0.15, 0.2) is 6.61 Å². The topological polar surface area (TPSA) is 75.6 Å². The largest absolute Gasteiger partial charge is 0.482 e. The molecule has 0 radical (unpaired) electrons. The molecule has 0 aromatic heterocycles. The van der Waals surface area contributed by atoms with E-state index in [1.165, 1.54) is 6.07 Å². The second kappa shape index (κ2) is 7.34. The number of aryl methyl sites for hydroxylation is 1. The van der Waals surface area contributed by atoms with E-state index in [2.05, 4.69) is 5.32 Å². The number of carbonyl (C=O) groups is 2. The molecule has 1 aliphatic carbocycles. The zero-order chi connectivity index (χ0) is 19.6. The fourth-order valence-electron chi connectivity index (χ4n) is 3.28. The number of ether oxygens (including phenoxy) is 1. The van der Waals surface area contributed by atoms with E-state index >= 15 is 0 Å². The summed E-state index contributed by atoms with van der Waals surface area (Å²) in [6.45, 7) is 1.28. The molecule has 1 fully saturated rings. The summed E-state index contributed by atoms with van der Waals surface area (Å²) in [5.41, 5.74) is 0.395. The van der Waals surface area contributed by atoms with Crippen molar-refractivity contribution in [2.75, 3.05) is 11.9 Å². The van der Waals surface area contributed by atoms with Gasteiger partial charge < -0.3 is 15.2 Å². The van der Waals surface area contributed by atoms with Crippen LogP contribution in [-0.2, 0) is 15.0 Å². The van der Waals surface area contributed by atoms with Gasteiger partial charge in [0.05, 0.1) is 5.41 Å². The maximum absolute atomic E-state index is 14.3. The average molecular weight is 375 g/mol. The molecule has 0 spiro atoms. The summed E-state index contributed by atoms with van der Waals surface area (Å²) >= 11 is 0. The highest BCUT2D eigenvalue weighted by Crippen LogP contribution is 2.45. The molecule has 1 amide bonds. The molecule has 0 aliphatic heterocycles. The van der Waals surface area contributed by atoms with Gasteiger partial charge >= 0.3 is 5.97 Å². The van der Waals surface area contributed by atoms with Crippen molar-refractivity contribution in [2.45, 2.75) is 31.6 Å². The highest BCUT2D eigenvalue weighted by Gasteiger charge is 2.47. The number of amides is 1. The predicted octanol–water partition coefficient (Wildman–Crippen LogP) is 3.80. The Morgan fingerprint density at radius 2 is 1.93 bits per heavy atom. The molecule has 1 aliphatic rings. The van der Waals surface area contributed by atoms with Crippen LogP contribution in [0.2, 0.25) is 0 Å². The third-order valence-corrected chi connectivity index (χ3v) is 4.90. The molecule has 5 nitrogen and oxygen atoms in total. The Hall–Kier alpha value is -2.96. The molecule has 7 heteroatoms. The first-order valence-corrected chi connectivity index (χ1v) is 8.54. The lowest BCUT2D eigenvalue weighted by Crippen LogP contribution is -2.46. The first-order chi connectivity index (χ1) is 12.8. The Bertz CT molecular complexity index is 894. The fraction of sp³-hybridized carbons (Fsp3) is 0.300. The third kappa shape index (κ3) is 3.77. The number of carboxylic acids is 1. The number of hydrogen-bond donors (Lipinski definition) is 2. The molecule has 2 N–H and O–H groups in total. The molecule has 0 saturated heterocycles. The zero-order valence-corrected chi connectivity index (χ0v) is 14.7. The van der Waals surface area contributed by atoms with Crippen LogP contribution < -0.4 is 10.1 Å². The molecular weight excluding hydrogens is 356 g/mol. The smallest absolute Gasteiger partial charge is 0.341 e. The number of anilines is 1. The van der Waals surface area contributed by atoms with Crippen LogP contribution in [0.3, 0.4) is 0 Å². The minimum atomic E-state index is -1.08. The second-order valence-corrected chi connectivity index (χ2v) is 6.67. The predicted molar refractivity (Wildman–Crippen MR) is 94.8 cm³/mol. The molecule has 0 unspecified atom stereocenters. The summed E-state index contributed by atoms with van der Waals surface area (Å²) in [6.07, 6.45) is 1.76. The van der Waals surface area contributed by atoms with Gasteiger partial charge in [-0.2, -0.15) is 0 Å². The van der Waals surface area contributed by atoms with Crippen LogP contribution in [0, 0.1) is 18.6 Å². The molecule has 0 atom stereocenters. The van der Waals surface area contributed by atoms with Crippen molar-refractivity contribution in [1.82, 2.24) is 0 Å². The van der Waals surface area contributed by atoms with Gasteiger partial charge in [-0.1, -0.05) is 12.5 Å². The van der Waals surface area contributed by atoms with Gasteiger partial charge in [-0.05, 0) is 49.6 Å². The summed E-state index contributed by atoms with van der Waals surface area (Å²) in [7, 11) is 0. The zero-order valence-electron chi connectivity index (χ0n) is 14.7. The van der Waals surface area contributed by atoms with Crippen LogP contribution in [0.1, 0.15) is 30.4 Å². The van der Waals surface area contributed by atoms with E-state index in [4.69, 9.17) is 9.84 Å². The van der Waals surface area contributed by atoms with Crippen molar-refractivity contribution < 1.29 is 28.2 Å². The lowest BCUT2D eigenvalue weighted by Gasteiger charge is -2.41.